The Morgan fingerprint density at radius 3 is 2.51 bits per heavy atom. The standard InChI is InChI=1S/C28H31N3O5S/c1-19-22(26(33)31(25(19)32)21-9-10-23-20(17-21)18-36-28(23)35)7-4-2-3-5-11-29-12-14-30(15-13-29)27(34)24-8-6-16-37-24/h6,8-10,16-17H,2-5,7,11-15,18H2,1H3. The Bertz CT molecular complexity index is 1240. The molecule has 1 saturated heterocycles. The number of benzene rings is 1. The van der Waals surface area contributed by atoms with Crippen molar-refractivity contribution in [2.45, 2.75) is 45.6 Å². The molecule has 0 saturated carbocycles. The molecule has 0 radical (unpaired) electrons. The van der Waals surface area contributed by atoms with Gasteiger partial charge in [0, 0.05) is 42.9 Å². The number of nitrogens with zero attached hydrogens (tertiary/aromatic N) is 3. The summed E-state index contributed by atoms with van der Waals surface area (Å²) in [5.74, 6) is -0.787. The number of carbonyl (C=O) groups is 4. The first kappa shape index (κ1) is 25.4. The van der Waals surface area contributed by atoms with E-state index in [4.69, 9.17) is 4.74 Å². The van der Waals surface area contributed by atoms with E-state index in [2.05, 4.69) is 4.90 Å². The lowest BCUT2D eigenvalue weighted by molar-refractivity contribution is -0.120. The normalized spacial score (nSPS) is 18.1. The summed E-state index contributed by atoms with van der Waals surface area (Å²) in [5.41, 5.74) is 2.77. The fraction of sp³-hybridized carbons (Fsp3) is 0.429. The summed E-state index contributed by atoms with van der Waals surface area (Å²) in [5, 5.41) is 1.94. The Morgan fingerprint density at radius 1 is 0.973 bits per heavy atom. The van der Waals surface area contributed by atoms with Gasteiger partial charge in [0.1, 0.15) is 6.61 Å². The number of imide groups is 1. The maximum Gasteiger partial charge on any atom is 0.338 e. The van der Waals surface area contributed by atoms with Gasteiger partial charge in [0.25, 0.3) is 17.7 Å². The highest BCUT2D eigenvalue weighted by Crippen LogP contribution is 2.32. The molecular formula is C28H31N3O5S. The van der Waals surface area contributed by atoms with Crippen molar-refractivity contribution in [3.63, 3.8) is 0 Å². The average Bonchev–Trinajstić information content (AvgIpc) is 3.62. The Morgan fingerprint density at radius 2 is 1.76 bits per heavy atom. The van der Waals surface area contributed by atoms with E-state index in [1.165, 1.54) is 16.2 Å². The molecule has 1 fully saturated rings. The van der Waals surface area contributed by atoms with Gasteiger partial charge in [0.2, 0.25) is 0 Å². The number of fused-ring (bicyclic) bond motifs is 1. The number of carbonyl (C=O) groups excluding carboxylic acids is 4. The van der Waals surface area contributed by atoms with E-state index in [0.29, 0.717) is 34.4 Å². The van der Waals surface area contributed by atoms with Crippen LogP contribution in [0.2, 0.25) is 0 Å². The first-order chi connectivity index (χ1) is 17.9. The molecule has 1 aromatic carbocycles. The van der Waals surface area contributed by atoms with Gasteiger partial charge in [-0.05, 0) is 62.4 Å². The SMILES string of the molecule is CC1=C(CCCCCCN2CCN(C(=O)c3cccs3)CC2)C(=O)N(c2ccc3c(c2)COC3=O)C1=O. The molecule has 3 amide bonds. The van der Waals surface area contributed by atoms with Crippen molar-refractivity contribution < 1.29 is 23.9 Å². The topological polar surface area (TPSA) is 87.2 Å². The van der Waals surface area contributed by atoms with Crippen LogP contribution in [0.1, 0.15) is 64.6 Å². The van der Waals surface area contributed by atoms with Crippen molar-refractivity contribution in [2.75, 3.05) is 37.6 Å². The number of amides is 3. The van der Waals surface area contributed by atoms with Crippen LogP contribution >= 0.6 is 11.3 Å². The average molecular weight is 522 g/mol. The maximum atomic E-state index is 13.1. The molecule has 0 spiro atoms. The van der Waals surface area contributed by atoms with E-state index in [1.54, 1.807) is 25.1 Å². The van der Waals surface area contributed by atoms with Crippen LogP contribution in [0, 0.1) is 0 Å². The third-order valence-electron chi connectivity index (χ3n) is 7.41. The molecule has 37 heavy (non-hydrogen) atoms. The van der Waals surface area contributed by atoms with Gasteiger partial charge in [-0.15, -0.1) is 11.3 Å². The van der Waals surface area contributed by atoms with Crippen molar-refractivity contribution in [1.82, 2.24) is 9.80 Å². The number of unbranched alkanes of at least 4 members (excludes halogenated alkanes) is 3. The number of thiophene rings is 1. The lowest BCUT2D eigenvalue weighted by atomic mass is 10.0. The molecule has 3 aliphatic rings. The van der Waals surface area contributed by atoms with Crippen molar-refractivity contribution in [2.24, 2.45) is 0 Å². The summed E-state index contributed by atoms with van der Waals surface area (Å²) in [4.78, 5) is 56.5. The van der Waals surface area contributed by atoms with Crippen LogP contribution < -0.4 is 4.90 Å². The molecule has 8 nitrogen and oxygen atoms in total. The van der Waals surface area contributed by atoms with Gasteiger partial charge >= 0.3 is 5.97 Å². The lowest BCUT2D eigenvalue weighted by Gasteiger charge is -2.34. The molecule has 0 unspecified atom stereocenters. The molecule has 0 aliphatic carbocycles. The molecular weight excluding hydrogens is 490 g/mol. The fourth-order valence-electron chi connectivity index (χ4n) is 5.19. The third-order valence-corrected chi connectivity index (χ3v) is 8.26. The van der Waals surface area contributed by atoms with Crippen molar-refractivity contribution in [3.8, 4) is 0 Å². The van der Waals surface area contributed by atoms with Crippen LogP contribution in [0.3, 0.4) is 0 Å². The molecule has 5 rings (SSSR count). The van der Waals surface area contributed by atoms with Gasteiger partial charge in [0.05, 0.1) is 16.1 Å². The van der Waals surface area contributed by atoms with Crippen LogP contribution in [-0.4, -0.2) is 66.2 Å². The summed E-state index contributed by atoms with van der Waals surface area (Å²) < 4.78 is 5.03. The highest BCUT2D eigenvalue weighted by atomic mass is 32.1. The van der Waals surface area contributed by atoms with Crippen LogP contribution in [0.25, 0.3) is 0 Å². The Labute approximate surface area is 220 Å². The minimum Gasteiger partial charge on any atom is -0.457 e. The number of anilines is 1. The van der Waals surface area contributed by atoms with E-state index in [9.17, 15) is 19.2 Å². The Kier molecular flexibility index (Phi) is 7.53. The van der Waals surface area contributed by atoms with Crippen LogP contribution in [0.5, 0.6) is 0 Å². The van der Waals surface area contributed by atoms with Gasteiger partial charge in [-0.25, -0.2) is 9.69 Å². The van der Waals surface area contributed by atoms with Crippen LogP contribution in [-0.2, 0) is 20.9 Å². The summed E-state index contributed by atoms with van der Waals surface area (Å²) in [6.45, 7) is 6.24. The van der Waals surface area contributed by atoms with Crippen molar-refractivity contribution >= 4 is 40.7 Å². The number of hydrogen-bond acceptors (Lipinski definition) is 7. The van der Waals surface area contributed by atoms with E-state index in [1.807, 2.05) is 22.4 Å². The van der Waals surface area contributed by atoms with Crippen molar-refractivity contribution in [1.29, 1.82) is 0 Å². The van der Waals surface area contributed by atoms with Gasteiger partial charge in [-0.2, -0.15) is 0 Å². The summed E-state index contributed by atoms with van der Waals surface area (Å²) in [6.07, 6.45) is 4.57. The first-order valence-corrected chi connectivity index (χ1v) is 13.8. The number of piperazine rings is 1. The zero-order valence-electron chi connectivity index (χ0n) is 21.0. The molecule has 0 N–H and O–H groups in total. The minimum atomic E-state index is -0.373. The predicted octanol–water partition coefficient (Wildman–Crippen LogP) is 4.02. The smallest absolute Gasteiger partial charge is 0.338 e. The summed E-state index contributed by atoms with van der Waals surface area (Å²) >= 11 is 1.49. The van der Waals surface area contributed by atoms with Gasteiger partial charge in [0.15, 0.2) is 0 Å². The summed E-state index contributed by atoms with van der Waals surface area (Å²) in [6, 6.07) is 8.75. The highest BCUT2D eigenvalue weighted by molar-refractivity contribution is 7.12. The third kappa shape index (κ3) is 5.24. The number of ether oxygens (including phenoxy) is 1. The largest absolute Gasteiger partial charge is 0.457 e. The predicted molar refractivity (Wildman–Crippen MR) is 141 cm³/mol. The zero-order valence-corrected chi connectivity index (χ0v) is 21.8. The molecule has 3 aliphatic heterocycles. The first-order valence-electron chi connectivity index (χ1n) is 12.9. The zero-order chi connectivity index (χ0) is 25.9. The monoisotopic (exact) mass is 521 g/mol. The molecule has 1 aromatic heterocycles. The van der Waals surface area contributed by atoms with Crippen LogP contribution in [0.4, 0.5) is 5.69 Å². The van der Waals surface area contributed by atoms with Crippen molar-refractivity contribution in [3.05, 3.63) is 62.9 Å². The summed E-state index contributed by atoms with van der Waals surface area (Å²) in [7, 11) is 0. The highest BCUT2D eigenvalue weighted by Gasteiger charge is 2.37. The lowest BCUT2D eigenvalue weighted by Crippen LogP contribution is -2.48. The maximum absolute atomic E-state index is 13.1. The van der Waals surface area contributed by atoms with E-state index >= 15 is 0 Å². The fourth-order valence-corrected chi connectivity index (χ4v) is 5.88. The van der Waals surface area contributed by atoms with E-state index in [0.717, 1.165) is 63.3 Å². The number of hydrogen-bond donors (Lipinski definition) is 0. The molecule has 194 valence electrons. The van der Waals surface area contributed by atoms with E-state index in [-0.39, 0.29) is 30.3 Å². The molecule has 4 heterocycles. The second-order valence-corrected chi connectivity index (χ2v) is 10.7. The number of cyclic esters (lactones) is 1. The molecule has 2 aromatic rings. The molecule has 0 bridgehead atoms. The second kappa shape index (κ2) is 11.0. The van der Waals surface area contributed by atoms with Gasteiger partial charge in [-0.1, -0.05) is 18.9 Å². The Hall–Kier alpha value is -3.30. The minimum absolute atomic E-state index is 0.137. The quantitative estimate of drug-likeness (QED) is 0.282. The van der Waals surface area contributed by atoms with E-state index < -0.39 is 0 Å². The number of esters is 1. The second-order valence-electron chi connectivity index (χ2n) is 9.74. The Balaban J connectivity index is 1.03. The van der Waals surface area contributed by atoms with Crippen LogP contribution in [0.15, 0.2) is 46.9 Å². The molecule has 0 atom stereocenters. The number of rotatable bonds is 9. The van der Waals surface area contributed by atoms with Gasteiger partial charge < -0.3 is 9.64 Å². The molecule has 9 heteroatoms. The van der Waals surface area contributed by atoms with Gasteiger partial charge in [-0.3, -0.25) is 19.3 Å².